The number of fused-ring (bicyclic) bond motifs is 1. The Morgan fingerprint density at radius 2 is 2.14 bits per heavy atom. The highest BCUT2D eigenvalue weighted by atomic mass is 35.5. The quantitative estimate of drug-likeness (QED) is 0.659. The third-order valence-electron chi connectivity index (χ3n) is 5.10. The maximum absolute atomic E-state index is 6.45. The smallest absolute Gasteiger partial charge is 0.223 e. The van der Waals surface area contributed by atoms with Gasteiger partial charge in [0.05, 0.1) is 19.3 Å². The van der Waals surface area contributed by atoms with E-state index in [0.717, 1.165) is 40.5 Å². The van der Waals surface area contributed by atoms with E-state index in [9.17, 15) is 0 Å². The maximum Gasteiger partial charge on any atom is 0.223 e. The molecule has 1 unspecified atom stereocenters. The third-order valence-corrected chi connectivity index (χ3v) is 5.39. The molecule has 9 heteroatoms. The van der Waals surface area contributed by atoms with Gasteiger partial charge in [0.2, 0.25) is 5.95 Å². The van der Waals surface area contributed by atoms with E-state index in [1.807, 2.05) is 37.0 Å². The predicted molar refractivity (Wildman–Crippen MR) is 108 cm³/mol. The number of nitrogen functional groups attached to an aromatic ring is 1. The molecule has 3 aromatic rings. The molecule has 0 saturated carbocycles. The summed E-state index contributed by atoms with van der Waals surface area (Å²) in [6, 6.07) is 1.90. The molecule has 4 heterocycles. The van der Waals surface area contributed by atoms with E-state index in [2.05, 4.69) is 25.0 Å². The van der Waals surface area contributed by atoms with Gasteiger partial charge in [0.25, 0.3) is 0 Å². The summed E-state index contributed by atoms with van der Waals surface area (Å²) in [4.78, 5) is 15.4. The van der Waals surface area contributed by atoms with Crippen LogP contribution < -0.4 is 15.4 Å². The highest BCUT2D eigenvalue weighted by molar-refractivity contribution is 6.30. The molecule has 0 spiro atoms. The Hall–Kier alpha value is -2.87. The van der Waals surface area contributed by atoms with Crippen LogP contribution in [0.2, 0.25) is 5.15 Å². The summed E-state index contributed by atoms with van der Waals surface area (Å²) in [5.74, 6) is 1.89. The summed E-state index contributed by atoms with van der Waals surface area (Å²) in [5, 5.41) is 4.71. The number of nitrogens with zero attached hydrogens (tertiary/aromatic N) is 6. The normalized spacial score (nSPS) is 15.7. The Bertz CT molecular complexity index is 1010. The van der Waals surface area contributed by atoms with Crippen LogP contribution in [0, 0.1) is 13.8 Å². The number of aryl methyl sites for hydroxylation is 1. The molecule has 0 saturated heterocycles. The van der Waals surface area contributed by atoms with Gasteiger partial charge in [-0.25, -0.2) is 4.98 Å². The summed E-state index contributed by atoms with van der Waals surface area (Å²) in [5.41, 5.74) is 9.75. The van der Waals surface area contributed by atoms with Crippen molar-refractivity contribution in [1.29, 1.82) is 0 Å². The van der Waals surface area contributed by atoms with Crippen molar-refractivity contribution in [3.05, 3.63) is 52.2 Å². The molecule has 0 aliphatic carbocycles. The van der Waals surface area contributed by atoms with Gasteiger partial charge in [-0.3, -0.25) is 9.67 Å². The van der Waals surface area contributed by atoms with Crippen molar-refractivity contribution >= 4 is 23.4 Å². The summed E-state index contributed by atoms with van der Waals surface area (Å²) in [6.45, 7) is 6.00. The average Bonchev–Trinajstić information content (AvgIpc) is 3.27. The van der Waals surface area contributed by atoms with Crippen LogP contribution in [0.1, 0.15) is 28.3 Å². The highest BCUT2D eigenvalue weighted by Gasteiger charge is 2.34. The zero-order chi connectivity index (χ0) is 19.8. The molecule has 0 radical (unpaired) electrons. The summed E-state index contributed by atoms with van der Waals surface area (Å²) in [6.07, 6.45) is 5.53. The topological polar surface area (TPSA) is 95.0 Å². The van der Waals surface area contributed by atoms with Gasteiger partial charge in [-0.05, 0) is 19.9 Å². The minimum Gasteiger partial charge on any atom is -0.496 e. The van der Waals surface area contributed by atoms with Crippen LogP contribution in [0.25, 0.3) is 0 Å². The van der Waals surface area contributed by atoms with Gasteiger partial charge >= 0.3 is 0 Å². The van der Waals surface area contributed by atoms with E-state index in [0.29, 0.717) is 18.2 Å². The van der Waals surface area contributed by atoms with Crippen LogP contribution in [0.5, 0.6) is 5.75 Å². The fourth-order valence-corrected chi connectivity index (χ4v) is 4.14. The molecule has 146 valence electrons. The van der Waals surface area contributed by atoms with Gasteiger partial charge in [-0.1, -0.05) is 11.6 Å². The van der Waals surface area contributed by atoms with Crippen LogP contribution in [0.3, 0.4) is 0 Å². The van der Waals surface area contributed by atoms with Crippen molar-refractivity contribution in [1.82, 2.24) is 24.7 Å². The number of anilines is 2. The van der Waals surface area contributed by atoms with Gasteiger partial charge in [-0.2, -0.15) is 10.1 Å². The largest absolute Gasteiger partial charge is 0.496 e. The predicted octanol–water partition coefficient (Wildman–Crippen LogP) is 2.73. The van der Waals surface area contributed by atoms with Crippen molar-refractivity contribution in [3.63, 3.8) is 0 Å². The number of rotatable bonds is 5. The Labute approximate surface area is 168 Å². The van der Waals surface area contributed by atoms with E-state index in [1.165, 1.54) is 0 Å². The molecule has 0 aromatic carbocycles. The number of pyridine rings is 1. The number of halogens is 1. The Kier molecular flexibility index (Phi) is 4.80. The lowest BCUT2D eigenvalue weighted by molar-refractivity contribution is 0.406. The zero-order valence-corrected chi connectivity index (χ0v) is 16.8. The second kappa shape index (κ2) is 7.27. The lowest BCUT2D eigenvalue weighted by atomic mass is 10.1. The van der Waals surface area contributed by atoms with Crippen LogP contribution >= 0.6 is 11.6 Å². The Morgan fingerprint density at radius 1 is 1.32 bits per heavy atom. The van der Waals surface area contributed by atoms with Crippen molar-refractivity contribution in [2.24, 2.45) is 0 Å². The molecule has 0 bridgehead atoms. The van der Waals surface area contributed by atoms with Crippen LogP contribution in [0.15, 0.2) is 24.7 Å². The summed E-state index contributed by atoms with van der Waals surface area (Å²) < 4.78 is 7.43. The standard InChI is InChI=1S/C19H22ClN7O/c1-11-7-22-14(12(2)16(11)28-3)10-26-8-13(9-27-6-4-5-23-27)15-17(20)24-19(21)25-18(15)26/h4-7,13H,8-10H2,1-3H3,(H2,21,24,25). The summed E-state index contributed by atoms with van der Waals surface area (Å²) in [7, 11) is 1.68. The third kappa shape index (κ3) is 3.24. The number of aromatic nitrogens is 5. The number of methoxy groups -OCH3 is 1. The van der Waals surface area contributed by atoms with E-state index in [-0.39, 0.29) is 11.9 Å². The van der Waals surface area contributed by atoms with Crippen molar-refractivity contribution in [2.45, 2.75) is 32.9 Å². The molecule has 28 heavy (non-hydrogen) atoms. The van der Waals surface area contributed by atoms with Gasteiger partial charge in [0.1, 0.15) is 16.7 Å². The van der Waals surface area contributed by atoms with E-state index >= 15 is 0 Å². The van der Waals surface area contributed by atoms with E-state index < -0.39 is 0 Å². The second-order valence-corrected chi connectivity index (χ2v) is 7.32. The Morgan fingerprint density at radius 3 is 2.86 bits per heavy atom. The molecule has 2 N–H and O–H groups in total. The SMILES string of the molecule is COc1c(C)cnc(CN2CC(Cn3cccn3)c3c(Cl)nc(N)nc32)c1C. The molecular formula is C19H22ClN7O. The number of ether oxygens (including phenoxy) is 1. The monoisotopic (exact) mass is 399 g/mol. The average molecular weight is 400 g/mol. The number of nitrogens with two attached hydrogens (primary N) is 1. The van der Waals surface area contributed by atoms with Crippen molar-refractivity contribution in [2.75, 3.05) is 24.3 Å². The van der Waals surface area contributed by atoms with Crippen LogP contribution in [-0.4, -0.2) is 38.4 Å². The van der Waals surface area contributed by atoms with Crippen molar-refractivity contribution < 1.29 is 4.74 Å². The molecule has 0 amide bonds. The Balaban J connectivity index is 1.69. The molecular weight excluding hydrogens is 378 g/mol. The molecule has 4 rings (SSSR count). The molecule has 1 aliphatic rings. The van der Waals surface area contributed by atoms with Gasteiger partial charge in [-0.15, -0.1) is 0 Å². The number of hydrogen-bond acceptors (Lipinski definition) is 7. The number of hydrogen-bond donors (Lipinski definition) is 1. The molecule has 8 nitrogen and oxygen atoms in total. The zero-order valence-electron chi connectivity index (χ0n) is 16.1. The minimum atomic E-state index is 0.107. The lowest BCUT2D eigenvalue weighted by Crippen LogP contribution is -2.24. The maximum atomic E-state index is 6.45. The van der Waals surface area contributed by atoms with Crippen LogP contribution in [0.4, 0.5) is 11.8 Å². The molecule has 1 aliphatic heterocycles. The van der Waals surface area contributed by atoms with E-state index in [4.69, 9.17) is 22.1 Å². The van der Waals surface area contributed by atoms with Crippen LogP contribution in [-0.2, 0) is 13.1 Å². The second-order valence-electron chi connectivity index (χ2n) is 6.96. The molecule has 0 fully saturated rings. The highest BCUT2D eigenvalue weighted by Crippen LogP contribution is 2.41. The first kappa shape index (κ1) is 18.5. The fraction of sp³-hybridized carbons (Fsp3) is 0.368. The van der Waals surface area contributed by atoms with Gasteiger partial charge in [0, 0.05) is 54.3 Å². The molecule has 1 atom stereocenters. The van der Waals surface area contributed by atoms with E-state index in [1.54, 1.807) is 13.3 Å². The van der Waals surface area contributed by atoms with Gasteiger partial charge < -0.3 is 15.4 Å². The van der Waals surface area contributed by atoms with Crippen molar-refractivity contribution in [3.8, 4) is 5.75 Å². The molecule has 3 aromatic heterocycles. The first-order valence-electron chi connectivity index (χ1n) is 9.02. The first-order valence-corrected chi connectivity index (χ1v) is 9.40. The minimum absolute atomic E-state index is 0.107. The fourth-order valence-electron chi connectivity index (χ4n) is 3.82. The van der Waals surface area contributed by atoms with Gasteiger partial charge in [0.15, 0.2) is 0 Å². The first-order chi connectivity index (χ1) is 13.5. The summed E-state index contributed by atoms with van der Waals surface area (Å²) >= 11 is 6.45. The lowest BCUT2D eigenvalue weighted by Gasteiger charge is -2.21.